The van der Waals surface area contributed by atoms with Crippen LogP contribution in [0.4, 0.5) is 16.0 Å². The van der Waals surface area contributed by atoms with Gasteiger partial charge in [-0.15, -0.1) is 0 Å². The molecule has 0 saturated carbocycles. The second-order valence-electron chi connectivity index (χ2n) is 7.35. The van der Waals surface area contributed by atoms with Crippen molar-refractivity contribution >= 4 is 17.5 Å². The minimum absolute atomic E-state index is 0.164. The van der Waals surface area contributed by atoms with Crippen LogP contribution in [0.1, 0.15) is 41.0 Å². The molecule has 0 bridgehead atoms. The molecular weight excluding hydrogens is 345 g/mol. The molecule has 7 heteroatoms. The second kappa shape index (κ2) is 7.50. The van der Waals surface area contributed by atoms with Gasteiger partial charge in [-0.25, -0.2) is 14.4 Å². The Morgan fingerprint density at radius 1 is 1.22 bits per heavy atom. The minimum atomic E-state index is -0.228. The third-order valence-electron chi connectivity index (χ3n) is 5.44. The molecule has 4 rings (SSSR count). The molecule has 1 aromatic carbocycles. The molecule has 1 saturated heterocycles. The number of rotatable bonds is 4. The number of carbonyl (C=O) groups is 1. The first-order valence-electron chi connectivity index (χ1n) is 9.54. The van der Waals surface area contributed by atoms with E-state index in [1.54, 1.807) is 12.1 Å². The molecule has 1 aliphatic carbocycles. The number of fused-ring (bicyclic) bond motifs is 1. The van der Waals surface area contributed by atoms with Crippen LogP contribution in [0.2, 0.25) is 0 Å². The zero-order chi connectivity index (χ0) is 18.8. The van der Waals surface area contributed by atoms with E-state index in [2.05, 4.69) is 20.2 Å². The molecule has 0 unspecified atom stereocenters. The lowest BCUT2D eigenvalue weighted by molar-refractivity contribution is 0.0941. The molecule has 2 heterocycles. The standard InChI is InChI=1S/C20H24FN5O/c21-14-5-7-15(8-6-14)26-10-9-13(12-26)11-23-19(27)18-16-3-1-2-4-17(16)24-20(22)25-18/h5-8,13H,1-4,9-12H2,(H,23,27)(H2,22,24,25)/t13-/m0/s1. The van der Waals surface area contributed by atoms with Crippen LogP contribution in [-0.2, 0) is 12.8 Å². The highest BCUT2D eigenvalue weighted by Gasteiger charge is 2.25. The Kier molecular flexibility index (Phi) is 4.92. The number of anilines is 2. The van der Waals surface area contributed by atoms with Crippen molar-refractivity contribution in [1.29, 1.82) is 0 Å². The number of nitrogen functional groups attached to an aromatic ring is 1. The highest BCUT2D eigenvalue weighted by Crippen LogP contribution is 2.25. The Bertz CT molecular complexity index is 839. The highest BCUT2D eigenvalue weighted by molar-refractivity contribution is 5.94. The van der Waals surface area contributed by atoms with E-state index in [4.69, 9.17) is 5.73 Å². The van der Waals surface area contributed by atoms with Gasteiger partial charge in [0, 0.05) is 36.6 Å². The van der Waals surface area contributed by atoms with E-state index >= 15 is 0 Å². The van der Waals surface area contributed by atoms with E-state index in [0.29, 0.717) is 18.2 Å². The number of benzene rings is 1. The van der Waals surface area contributed by atoms with Crippen LogP contribution in [-0.4, -0.2) is 35.5 Å². The first-order chi connectivity index (χ1) is 13.1. The van der Waals surface area contributed by atoms with E-state index in [9.17, 15) is 9.18 Å². The quantitative estimate of drug-likeness (QED) is 0.864. The topological polar surface area (TPSA) is 84.1 Å². The molecule has 1 amide bonds. The van der Waals surface area contributed by atoms with Gasteiger partial charge in [-0.1, -0.05) is 0 Å². The molecule has 3 N–H and O–H groups in total. The van der Waals surface area contributed by atoms with Gasteiger partial charge in [-0.3, -0.25) is 4.79 Å². The highest BCUT2D eigenvalue weighted by atomic mass is 19.1. The van der Waals surface area contributed by atoms with Gasteiger partial charge < -0.3 is 16.0 Å². The third kappa shape index (κ3) is 3.86. The van der Waals surface area contributed by atoms with Crippen molar-refractivity contribution < 1.29 is 9.18 Å². The smallest absolute Gasteiger partial charge is 0.270 e. The zero-order valence-corrected chi connectivity index (χ0v) is 15.2. The number of amides is 1. The maximum atomic E-state index is 13.1. The molecule has 1 atom stereocenters. The molecule has 142 valence electrons. The zero-order valence-electron chi connectivity index (χ0n) is 15.2. The first kappa shape index (κ1) is 17.7. The lowest BCUT2D eigenvalue weighted by Gasteiger charge is -2.20. The molecule has 1 fully saturated rings. The largest absolute Gasteiger partial charge is 0.371 e. The Morgan fingerprint density at radius 2 is 2.00 bits per heavy atom. The van der Waals surface area contributed by atoms with Crippen LogP contribution in [0.3, 0.4) is 0 Å². The fourth-order valence-electron chi connectivity index (χ4n) is 4.01. The number of halogens is 1. The van der Waals surface area contributed by atoms with Crippen LogP contribution in [0.15, 0.2) is 24.3 Å². The lowest BCUT2D eigenvalue weighted by atomic mass is 9.94. The number of nitrogens with two attached hydrogens (primary N) is 1. The van der Waals surface area contributed by atoms with Crippen LogP contribution >= 0.6 is 0 Å². The van der Waals surface area contributed by atoms with E-state index in [1.807, 2.05) is 0 Å². The fraction of sp³-hybridized carbons (Fsp3) is 0.450. The van der Waals surface area contributed by atoms with E-state index < -0.39 is 0 Å². The Balaban J connectivity index is 1.38. The average molecular weight is 369 g/mol. The van der Waals surface area contributed by atoms with Crippen molar-refractivity contribution in [2.24, 2.45) is 5.92 Å². The minimum Gasteiger partial charge on any atom is -0.371 e. The molecule has 0 radical (unpaired) electrons. The van der Waals surface area contributed by atoms with Crippen molar-refractivity contribution in [3.05, 3.63) is 47.0 Å². The maximum absolute atomic E-state index is 13.1. The maximum Gasteiger partial charge on any atom is 0.270 e. The number of hydrogen-bond donors (Lipinski definition) is 2. The summed E-state index contributed by atoms with van der Waals surface area (Å²) in [5, 5.41) is 3.03. The van der Waals surface area contributed by atoms with E-state index in [-0.39, 0.29) is 17.7 Å². The van der Waals surface area contributed by atoms with Gasteiger partial charge >= 0.3 is 0 Å². The summed E-state index contributed by atoms with van der Waals surface area (Å²) in [7, 11) is 0. The Labute approximate surface area is 158 Å². The van der Waals surface area contributed by atoms with Gasteiger partial charge in [0.2, 0.25) is 5.95 Å². The molecule has 0 spiro atoms. The summed E-state index contributed by atoms with van der Waals surface area (Å²) in [5.74, 6) is 0.134. The average Bonchev–Trinajstić information content (AvgIpc) is 3.15. The summed E-state index contributed by atoms with van der Waals surface area (Å²) in [6.45, 7) is 2.34. The molecule has 1 aromatic heterocycles. The normalized spacial score (nSPS) is 19.0. The molecule has 2 aliphatic rings. The van der Waals surface area contributed by atoms with Gasteiger partial charge in [0.25, 0.3) is 5.91 Å². The predicted molar refractivity (Wildman–Crippen MR) is 102 cm³/mol. The third-order valence-corrected chi connectivity index (χ3v) is 5.44. The van der Waals surface area contributed by atoms with Gasteiger partial charge in [0.05, 0.1) is 0 Å². The van der Waals surface area contributed by atoms with Gasteiger partial charge in [0.15, 0.2) is 0 Å². The first-order valence-corrected chi connectivity index (χ1v) is 9.54. The van der Waals surface area contributed by atoms with Gasteiger partial charge in [-0.2, -0.15) is 0 Å². The summed E-state index contributed by atoms with van der Waals surface area (Å²) < 4.78 is 13.1. The van der Waals surface area contributed by atoms with Crippen molar-refractivity contribution in [3.63, 3.8) is 0 Å². The fourth-order valence-corrected chi connectivity index (χ4v) is 4.01. The van der Waals surface area contributed by atoms with Gasteiger partial charge in [-0.05, 0) is 62.3 Å². The van der Waals surface area contributed by atoms with E-state index in [0.717, 1.165) is 62.1 Å². The van der Waals surface area contributed by atoms with Crippen molar-refractivity contribution in [1.82, 2.24) is 15.3 Å². The molecular formula is C20H24FN5O. The molecule has 1 aliphatic heterocycles. The van der Waals surface area contributed by atoms with Crippen molar-refractivity contribution in [2.45, 2.75) is 32.1 Å². The molecule has 27 heavy (non-hydrogen) atoms. The summed E-state index contributed by atoms with van der Waals surface area (Å²) in [4.78, 5) is 23.4. The summed E-state index contributed by atoms with van der Waals surface area (Å²) in [6.07, 6.45) is 4.81. The number of aryl methyl sites for hydroxylation is 1. The molecule has 6 nitrogen and oxygen atoms in total. The number of carbonyl (C=O) groups excluding carboxylic acids is 1. The van der Waals surface area contributed by atoms with Crippen LogP contribution in [0.5, 0.6) is 0 Å². The number of aromatic nitrogens is 2. The molecule has 2 aromatic rings. The number of nitrogens with zero attached hydrogens (tertiary/aromatic N) is 3. The Morgan fingerprint density at radius 3 is 2.81 bits per heavy atom. The monoisotopic (exact) mass is 369 g/mol. The number of hydrogen-bond acceptors (Lipinski definition) is 5. The van der Waals surface area contributed by atoms with Crippen molar-refractivity contribution in [2.75, 3.05) is 30.3 Å². The summed E-state index contributed by atoms with van der Waals surface area (Å²) in [5.41, 5.74) is 9.12. The summed E-state index contributed by atoms with van der Waals surface area (Å²) >= 11 is 0. The van der Waals surface area contributed by atoms with Crippen LogP contribution in [0.25, 0.3) is 0 Å². The second-order valence-corrected chi connectivity index (χ2v) is 7.35. The van der Waals surface area contributed by atoms with Crippen LogP contribution < -0.4 is 16.0 Å². The van der Waals surface area contributed by atoms with E-state index in [1.165, 1.54) is 12.1 Å². The SMILES string of the molecule is Nc1nc2c(c(C(=O)NC[C@@H]3CCN(c4ccc(F)cc4)C3)n1)CCCC2. The predicted octanol–water partition coefficient (Wildman–Crippen LogP) is 2.33. The summed E-state index contributed by atoms with van der Waals surface area (Å²) in [6, 6.07) is 6.55. The number of nitrogens with one attached hydrogen (secondary N) is 1. The van der Waals surface area contributed by atoms with Gasteiger partial charge in [0.1, 0.15) is 11.5 Å². The van der Waals surface area contributed by atoms with Crippen LogP contribution in [0, 0.1) is 11.7 Å². The van der Waals surface area contributed by atoms with Crippen molar-refractivity contribution in [3.8, 4) is 0 Å². The Hall–Kier alpha value is -2.70. The lowest BCUT2D eigenvalue weighted by Crippen LogP contribution is -2.33.